The highest BCUT2D eigenvalue weighted by Gasteiger charge is 2.41. The zero-order valence-electron chi connectivity index (χ0n) is 23.3. The number of nitrogens with one attached hydrogen (secondary N) is 2. The molecular formula is C30H39N5O5. The number of allylic oxidation sites excluding steroid dienone is 1. The molecule has 0 bridgehead atoms. The number of hydrogen-bond acceptors (Lipinski definition) is 7. The van der Waals surface area contributed by atoms with Gasteiger partial charge in [0.15, 0.2) is 0 Å². The first-order chi connectivity index (χ1) is 19.4. The molecule has 10 nitrogen and oxygen atoms in total. The van der Waals surface area contributed by atoms with E-state index in [0.717, 1.165) is 19.3 Å². The van der Waals surface area contributed by atoms with Crippen molar-refractivity contribution in [1.29, 1.82) is 0 Å². The summed E-state index contributed by atoms with van der Waals surface area (Å²) in [5.74, 6) is -1.03. The molecule has 3 atom stereocenters. The van der Waals surface area contributed by atoms with Crippen LogP contribution in [0.2, 0.25) is 0 Å². The van der Waals surface area contributed by atoms with Crippen LogP contribution in [0.25, 0.3) is 6.08 Å². The molecule has 2 aromatic rings. The predicted octanol–water partition coefficient (Wildman–Crippen LogP) is 2.22. The molecule has 0 radical (unpaired) electrons. The summed E-state index contributed by atoms with van der Waals surface area (Å²) in [7, 11) is 0. The Bertz CT molecular complexity index is 1210. The zero-order chi connectivity index (χ0) is 28.1. The van der Waals surface area contributed by atoms with E-state index in [-0.39, 0.29) is 28.9 Å². The van der Waals surface area contributed by atoms with Crippen LogP contribution >= 0.6 is 0 Å². The second-order valence-electron chi connectivity index (χ2n) is 11.1. The largest absolute Gasteiger partial charge is 0.379 e. The van der Waals surface area contributed by atoms with Gasteiger partial charge in [-0.15, -0.1) is 0 Å². The van der Waals surface area contributed by atoms with Crippen molar-refractivity contribution in [3.8, 4) is 0 Å². The van der Waals surface area contributed by atoms with Gasteiger partial charge < -0.3 is 24.8 Å². The number of nitrogens with zero attached hydrogens (tertiary/aromatic N) is 3. The van der Waals surface area contributed by atoms with E-state index < -0.39 is 18.0 Å². The maximum Gasteiger partial charge on any atom is 0.290 e. The summed E-state index contributed by atoms with van der Waals surface area (Å²) in [6.45, 7) is 7.98. The maximum atomic E-state index is 13.9. The number of ether oxygens (including phenoxy) is 1. The average molecular weight is 550 g/mol. The lowest BCUT2D eigenvalue weighted by molar-refractivity contribution is -0.139. The molecule has 40 heavy (non-hydrogen) atoms. The van der Waals surface area contributed by atoms with Gasteiger partial charge in [-0.2, -0.15) is 0 Å². The van der Waals surface area contributed by atoms with Crippen LogP contribution in [-0.4, -0.2) is 90.7 Å². The number of rotatable bonds is 9. The van der Waals surface area contributed by atoms with Crippen LogP contribution < -0.4 is 10.6 Å². The summed E-state index contributed by atoms with van der Waals surface area (Å²) in [6.07, 6.45) is 8.29. The number of aromatic nitrogens is 1. The van der Waals surface area contributed by atoms with Gasteiger partial charge in [-0.25, -0.2) is 0 Å². The third-order valence-electron chi connectivity index (χ3n) is 8.65. The molecule has 0 saturated carbocycles. The third-order valence-corrected chi connectivity index (χ3v) is 8.65. The molecule has 0 unspecified atom stereocenters. The van der Waals surface area contributed by atoms with Crippen LogP contribution in [0.5, 0.6) is 0 Å². The molecule has 3 heterocycles. The van der Waals surface area contributed by atoms with E-state index in [1.807, 2.05) is 18.7 Å². The first-order valence-corrected chi connectivity index (χ1v) is 14.3. The minimum Gasteiger partial charge on any atom is -0.379 e. The van der Waals surface area contributed by atoms with Crippen LogP contribution in [0.1, 0.15) is 54.8 Å². The number of likely N-dealkylation sites (tertiary alicyclic amines) is 1. The Hall–Kier alpha value is -3.50. The molecule has 1 aliphatic carbocycles. The normalized spacial score (nSPS) is 20.5. The number of carbonyl (C=O) groups is 3. The number of morpholine rings is 1. The Morgan fingerprint density at radius 2 is 1.80 bits per heavy atom. The van der Waals surface area contributed by atoms with Crippen molar-refractivity contribution in [2.45, 2.75) is 50.6 Å². The summed E-state index contributed by atoms with van der Waals surface area (Å²) in [5.41, 5.74) is 2.56. The molecule has 2 saturated heterocycles. The van der Waals surface area contributed by atoms with Gasteiger partial charge >= 0.3 is 0 Å². The molecule has 2 N–H and O–H groups in total. The number of piperidine rings is 1. The summed E-state index contributed by atoms with van der Waals surface area (Å²) < 4.78 is 10.4. The highest BCUT2D eigenvalue weighted by molar-refractivity contribution is 5.96. The minimum atomic E-state index is -0.875. The lowest BCUT2D eigenvalue weighted by Gasteiger charge is -2.41. The summed E-state index contributed by atoms with van der Waals surface area (Å²) in [4.78, 5) is 44.3. The van der Waals surface area contributed by atoms with Gasteiger partial charge in [0.05, 0.1) is 19.4 Å². The third kappa shape index (κ3) is 5.97. The van der Waals surface area contributed by atoms with Gasteiger partial charge in [-0.3, -0.25) is 19.3 Å². The molecule has 3 amide bonds. The topological polar surface area (TPSA) is 117 Å². The van der Waals surface area contributed by atoms with Crippen molar-refractivity contribution in [2.24, 2.45) is 5.92 Å². The highest BCUT2D eigenvalue weighted by atomic mass is 16.5. The van der Waals surface area contributed by atoms with Crippen molar-refractivity contribution in [3.63, 3.8) is 0 Å². The number of amides is 3. The smallest absolute Gasteiger partial charge is 0.290 e. The van der Waals surface area contributed by atoms with Crippen molar-refractivity contribution in [2.75, 3.05) is 45.9 Å². The fourth-order valence-corrected chi connectivity index (χ4v) is 5.93. The fraction of sp³-hybridized carbons (Fsp3) is 0.533. The Morgan fingerprint density at radius 3 is 2.50 bits per heavy atom. The van der Waals surface area contributed by atoms with Crippen molar-refractivity contribution in [3.05, 3.63) is 59.5 Å². The Kier molecular flexibility index (Phi) is 8.66. The molecule has 1 aromatic carbocycles. The molecule has 214 valence electrons. The van der Waals surface area contributed by atoms with Gasteiger partial charge in [-0.05, 0) is 29.9 Å². The van der Waals surface area contributed by atoms with Crippen LogP contribution in [0.3, 0.4) is 0 Å². The quantitative estimate of drug-likeness (QED) is 0.493. The van der Waals surface area contributed by atoms with E-state index in [1.54, 1.807) is 0 Å². The minimum absolute atomic E-state index is 0.0270. The van der Waals surface area contributed by atoms with Gasteiger partial charge in [-0.1, -0.05) is 61.8 Å². The molecule has 5 rings (SSSR count). The van der Waals surface area contributed by atoms with E-state index in [1.165, 1.54) is 23.4 Å². The molecule has 2 aliphatic heterocycles. The number of fused-ring (bicyclic) bond motifs is 2. The summed E-state index contributed by atoms with van der Waals surface area (Å²) in [5, 5.41) is 9.40. The van der Waals surface area contributed by atoms with Gasteiger partial charge in [0.25, 0.3) is 5.91 Å². The fourth-order valence-electron chi connectivity index (χ4n) is 5.93. The van der Waals surface area contributed by atoms with Crippen molar-refractivity contribution in [1.82, 2.24) is 25.6 Å². The van der Waals surface area contributed by atoms with Gasteiger partial charge in [0.2, 0.25) is 17.6 Å². The monoisotopic (exact) mass is 549 g/mol. The summed E-state index contributed by atoms with van der Waals surface area (Å²) in [6, 6.07) is 8.35. The number of hydrogen-bond donors (Lipinski definition) is 2. The van der Waals surface area contributed by atoms with Crippen LogP contribution in [-0.2, 0) is 19.7 Å². The van der Waals surface area contributed by atoms with Crippen LogP contribution in [0.15, 0.2) is 47.1 Å². The molecule has 10 heteroatoms. The lowest BCUT2D eigenvalue weighted by Crippen LogP contribution is -2.60. The van der Waals surface area contributed by atoms with E-state index in [0.29, 0.717) is 45.9 Å². The number of carbonyl (C=O) groups excluding carboxylic acids is 3. The standard InChI is InChI=1S/C30H39N5O5/c1-3-21(2)26(29(38)35-14-11-30(12-15-35)10-8-22-6-4-5-7-23(22)30)33-27(36)24(20-34-16-18-39-19-17-34)32-28(37)25-9-13-31-40-25/h4-10,13,21,24,26H,3,11-12,14-20H2,1-2H3,(H,32,37)(H,33,36)/t21-,24-,26-/m0/s1. The molecule has 2 fully saturated rings. The van der Waals surface area contributed by atoms with E-state index in [9.17, 15) is 14.4 Å². The van der Waals surface area contributed by atoms with Crippen molar-refractivity contribution >= 4 is 23.8 Å². The second kappa shape index (κ2) is 12.3. The second-order valence-corrected chi connectivity index (χ2v) is 11.1. The Balaban J connectivity index is 1.27. The predicted molar refractivity (Wildman–Crippen MR) is 149 cm³/mol. The van der Waals surface area contributed by atoms with E-state index in [4.69, 9.17) is 9.26 Å². The maximum absolute atomic E-state index is 13.9. The highest BCUT2D eigenvalue weighted by Crippen LogP contribution is 2.43. The Morgan fingerprint density at radius 1 is 1.05 bits per heavy atom. The molecule has 1 aromatic heterocycles. The SMILES string of the molecule is CC[C@H](C)[C@H](NC(=O)[C@H](CN1CCOCC1)NC(=O)c1ccno1)C(=O)N1CCC2(C=Cc3ccccc32)CC1. The van der Waals surface area contributed by atoms with E-state index >= 15 is 0 Å². The molecule has 1 spiro atoms. The Labute approximate surface area is 235 Å². The molecule has 3 aliphatic rings. The first kappa shape index (κ1) is 28.0. The average Bonchev–Trinajstić information content (AvgIpc) is 3.65. The van der Waals surface area contributed by atoms with Crippen molar-refractivity contribution < 1.29 is 23.6 Å². The summed E-state index contributed by atoms with van der Waals surface area (Å²) >= 11 is 0. The first-order valence-electron chi connectivity index (χ1n) is 14.3. The van der Waals surface area contributed by atoms with Crippen LogP contribution in [0.4, 0.5) is 0 Å². The lowest BCUT2D eigenvalue weighted by atomic mass is 9.74. The zero-order valence-corrected chi connectivity index (χ0v) is 23.3. The van der Waals surface area contributed by atoms with Crippen LogP contribution in [0, 0.1) is 5.92 Å². The van der Waals surface area contributed by atoms with E-state index in [2.05, 4.69) is 57.1 Å². The molecular weight excluding hydrogens is 510 g/mol. The van der Waals surface area contributed by atoms with Gasteiger partial charge in [0, 0.05) is 44.2 Å². The number of benzene rings is 1. The van der Waals surface area contributed by atoms with Gasteiger partial charge in [0.1, 0.15) is 12.1 Å².